The summed E-state index contributed by atoms with van der Waals surface area (Å²) in [5.74, 6) is 2.57. The maximum absolute atomic E-state index is 6.72. The summed E-state index contributed by atoms with van der Waals surface area (Å²) in [6.07, 6.45) is 1.86. The highest BCUT2D eigenvalue weighted by Crippen LogP contribution is 2.52. The molecule has 0 aliphatic carbocycles. The minimum Gasteiger partial charge on any atom is -0.453 e. The molecule has 0 saturated heterocycles. The second kappa shape index (κ2) is 15.0. The van der Waals surface area contributed by atoms with Gasteiger partial charge in [-0.15, -0.1) is 0 Å². The highest BCUT2D eigenvalue weighted by Gasteiger charge is 2.27. The van der Waals surface area contributed by atoms with E-state index in [0.29, 0.717) is 0 Å². The van der Waals surface area contributed by atoms with Crippen LogP contribution in [0.3, 0.4) is 0 Å². The molecule has 0 radical (unpaired) electrons. The number of hydrogen-bond acceptors (Lipinski definition) is 3. The van der Waals surface area contributed by atoms with E-state index in [2.05, 4.69) is 238 Å². The lowest BCUT2D eigenvalue weighted by molar-refractivity contribution is 0.477. The molecule has 0 unspecified atom stereocenters. The fourth-order valence-corrected chi connectivity index (χ4v) is 11.2. The van der Waals surface area contributed by atoms with Crippen molar-refractivity contribution in [2.24, 2.45) is 0 Å². The van der Waals surface area contributed by atoms with Gasteiger partial charge in [-0.25, -0.2) is 4.98 Å². The maximum Gasteiger partial charge on any atom is 0.152 e. The minimum absolute atomic E-state index is 0.820. The Morgan fingerprint density at radius 2 is 0.943 bits per heavy atom. The topological polar surface area (TPSA) is 35.2 Å². The molecule has 1 aliphatic heterocycles. The minimum atomic E-state index is 0.820. The van der Waals surface area contributed by atoms with E-state index in [1.807, 2.05) is 18.3 Å². The van der Waals surface area contributed by atoms with Gasteiger partial charge in [-0.05, 0) is 164 Å². The van der Waals surface area contributed by atoms with Gasteiger partial charge in [0.2, 0.25) is 0 Å². The van der Waals surface area contributed by atoms with Crippen molar-refractivity contribution < 1.29 is 4.74 Å². The molecule has 0 amide bonds. The highest BCUT2D eigenvalue weighted by atomic mass is 16.5. The Balaban J connectivity index is 0.810. The molecule has 11 aromatic carbocycles. The molecule has 1 aliphatic rings. The van der Waals surface area contributed by atoms with Crippen molar-refractivity contribution in [1.82, 2.24) is 14.1 Å². The van der Waals surface area contributed by atoms with Gasteiger partial charge in [0.25, 0.3) is 0 Å². The molecule has 326 valence electrons. The molecule has 5 heteroatoms. The third kappa shape index (κ3) is 5.88. The van der Waals surface area contributed by atoms with Gasteiger partial charge in [-0.3, -0.25) is 4.57 Å². The lowest BCUT2D eigenvalue weighted by Gasteiger charge is -2.33. The second-order valence-corrected chi connectivity index (χ2v) is 18.4. The van der Waals surface area contributed by atoms with Gasteiger partial charge in [0.15, 0.2) is 11.5 Å². The van der Waals surface area contributed by atoms with Crippen molar-refractivity contribution in [3.05, 3.63) is 243 Å². The average Bonchev–Trinajstić information content (AvgIpc) is 3.93. The van der Waals surface area contributed by atoms with Crippen LogP contribution in [0.15, 0.2) is 243 Å². The van der Waals surface area contributed by atoms with Crippen LogP contribution in [-0.2, 0) is 0 Å². The first-order valence-corrected chi connectivity index (χ1v) is 23.8. The molecule has 0 spiro atoms. The summed E-state index contributed by atoms with van der Waals surface area (Å²) in [6.45, 7) is 0. The van der Waals surface area contributed by atoms with E-state index in [0.717, 1.165) is 67.7 Å². The molecule has 5 nitrogen and oxygen atoms in total. The normalized spacial score (nSPS) is 12.4. The van der Waals surface area contributed by atoms with Crippen LogP contribution in [0.1, 0.15) is 0 Å². The van der Waals surface area contributed by atoms with E-state index in [1.165, 1.54) is 70.5 Å². The molecule has 3 aromatic heterocycles. The van der Waals surface area contributed by atoms with Gasteiger partial charge in [-0.2, -0.15) is 0 Å². The largest absolute Gasteiger partial charge is 0.453 e. The van der Waals surface area contributed by atoms with Crippen LogP contribution in [0.2, 0.25) is 0 Å². The molecule has 14 aromatic rings. The molecule has 15 rings (SSSR count). The van der Waals surface area contributed by atoms with Crippen molar-refractivity contribution in [3.63, 3.8) is 0 Å². The fraction of sp³-hybridized carbons (Fsp3) is 0. The van der Waals surface area contributed by atoms with Gasteiger partial charge in [-0.1, -0.05) is 127 Å². The Morgan fingerprint density at radius 1 is 0.314 bits per heavy atom. The summed E-state index contributed by atoms with van der Waals surface area (Å²) >= 11 is 0. The van der Waals surface area contributed by atoms with Gasteiger partial charge >= 0.3 is 0 Å². The summed E-state index contributed by atoms with van der Waals surface area (Å²) in [5.41, 5.74) is 13.5. The van der Waals surface area contributed by atoms with Crippen LogP contribution >= 0.6 is 0 Å². The van der Waals surface area contributed by atoms with Crippen LogP contribution in [0.4, 0.5) is 17.1 Å². The lowest BCUT2D eigenvalue weighted by atomic mass is 9.98. The summed E-state index contributed by atoms with van der Waals surface area (Å²) in [6, 6.07) is 85.6. The number of hydrogen-bond donors (Lipinski definition) is 0. The summed E-state index contributed by atoms with van der Waals surface area (Å²) < 4.78 is 11.4. The Bertz CT molecular complexity index is 4450. The average molecular weight is 893 g/mol. The smallest absolute Gasteiger partial charge is 0.152 e. The third-order valence-corrected chi connectivity index (χ3v) is 14.5. The van der Waals surface area contributed by atoms with Crippen molar-refractivity contribution in [1.29, 1.82) is 0 Å². The first kappa shape index (κ1) is 38.6. The van der Waals surface area contributed by atoms with E-state index in [1.54, 1.807) is 0 Å². The monoisotopic (exact) mass is 892 g/mol. The SMILES string of the molecule is c1ccc(-n2c3ccccc3c3cc4cc5cc(-n6c7ccccc7c7cc(-c8ccc9c(c8)Oc8ccccc8N9c8ccc(-c9cccc%10ccccc9%10)cc8)ccc76)ccc5cc4cc32)nc1. The Morgan fingerprint density at radius 3 is 1.80 bits per heavy atom. The zero-order chi connectivity index (χ0) is 45.9. The van der Waals surface area contributed by atoms with E-state index in [-0.39, 0.29) is 0 Å². The number of anilines is 3. The number of pyridine rings is 1. The Labute approximate surface area is 402 Å². The Kier molecular flexibility index (Phi) is 8.29. The number of para-hydroxylation sites is 4. The van der Waals surface area contributed by atoms with Crippen molar-refractivity contribution in [2.75, 3.05) is 4.90 Å². The van der Waals surface area contributed by atoms with Crippen LogP contribution in [0.25, 0.3) is 110 Å². The van der Waals surface area contributed by atoms with E-state index in [9.17, 15) is 0 Å². The predicted octanol–water partition coefficient (Wildman–Crippen LogP) is 17.6. The van der Waals surface area contributed by atoms with Gasteiger partial charge in [0.1, 0.15) is 5.82 Å². The van der Waals surface area contributed by atoms with Crippen molar-refractivity contribution in [3.8, 4) is 45.3 Å². The zero-order valence-electron chi connectivity index (χ0n) is 37.8. The molecule has 4 heterocycles. The van der Waals surface area contributed by atoms with Crippen molar-refractivity contribution in [2.45, 2.75) is 0 Å². The summed E-state index contributed by atoms with van der Waals surface area (Å²) in [7, 11) is 0. The van der Waals surface area contributed by atoms with E-state index < -0.39 is 0 Å². The van der Waals surface area contributed by atoms with Crippen LogP contribution in [0, 0.1) is 0 Å². The predicted molar refractivity (Wildman–Crippen MR) is 291 cm³/mol. The third-order valence-electron chi connectivity index (χ3n) is 14.5. The van der Waals surface area contributed by atoms with Crippen LogP contribution < -0.4 is 9.64 Å². The summed E-state index contributed by atoms with van der Waals surface area (Å²) in [5, 5.41) is 12.2. The number of fused-ring (bicyclic) bond motifs is 11. The second-order valence-electron chi connectivity index (χ2n) is 18.4. The zero-order valence-corrected chi connectivity index (χ0v) is 37.8. The van der Waals surface area contributed by atoms with Crippen LogP contribution in [0.5, 0.6) is 11.5 Å². The highest BCUT2D eigenvalue weighted by molar-refractivity contribution is 6.15. The number of benzene rings is 11. The first-order valence-electron chi connectivity index (χ1n) is 23.8. The molecular weight excluding hydrogens is 853 g/mol. The van der Waals surface area contributed by atoms with E-state index >= 15 is 0 Å². The maximum atomic E-state index is 6.72. The quantitative estimate of drug-likeness (QED) is 0.162. The molecule has 70 heavy (non-hydrogen) atoms. The molecule has 0 saturated carbocycles. The summed E-state index contributed by atoms with van der Waals surface area (Å²) in [4.78, 5) is 7.07. The van der Waals surface area contributed by atoms with Gasteiger partial charge in [0, 0.05) is 39.1 Å². The standard InChI is InChI=1S/C65H40N4O/c1-2-14-51-41(12-1)13-11-17-52(51)42-23-28-49(29-24-42)67-60-20-7-8-21-63(60)70-64-40-45(27-32-61(64)67)44-26-31-59-55(37-44)53-15-3-5-18-57(53)68(59)50-30-25-43-34-48-39-62-56(38-47(48)35-46(43)36-50)54-16-4-6-19-58(54)69(62)65-22-9-10-33-66-65/h1-40H. The van der Waals surface area contributed by atoms with Crippen molar-refractivity contribution >= 4 is 93.0 Å². The lowest BCUT2D eigenvalue weighted by Crippen LogP contribution is -2.15. The fourth-order valence-electron chi connectivity index (χ4n) is 11.2. The molecule has 0 N–H and O–H groups in total. The van der Waals surface area contributed by atoms with E-state index in [4.69, 9.17) is 9.72 Å². The Hall–Kier alpha value is -9.45. The number of aromatic nitrogens is 3. The van der Waals surface area contributed by atoms with Gasteiger partial charge in [0.05, 0.1) is 33.4 Å². The molecule has 0 fully saturated rings. The first-order chi connectivity index (χ1) is 34.7. The molecular formula is C65H40N4O. The van der Waals surface area contributed by atoms with Crippen LogP contribution in [-0.4, -0.2) is 14.1 Å². The molecule has 0 bridgehead atoms. The number of rotatable bonds is 5. The number of ether oxygens (including phenoxy) is 1. The van der Waals surface area contributed by atoms with Gasteiger partial charge < -0.3 is 14.2 Å². The number of nitrogens with zero attached hydrogens (tertiary/aromatic N) is 4. The molecule has 0 atom stereocenters.